The van der Waals surface area contributed by atoms with E-state index in [1.807, 2.05) is 12.2 Å². The number of unbranched alkanes of at least 4 members (excludes halogenated alkanes) is 5. The molecule has 0 fully saturated rings. The summed E-state index contributed by atoms with van der Waals surface area (Å²) in [7, 11) is 0. The number of carbonyl (C=O) groups excluding carboxylic acids is 2. The summed E-state index contributed by atoms with van der Waals surface area (Å²) in [6.45, 7) is 4.70. The van der Waals surface area contributed by atoms with E-state index in [9.17, 15) is 19.5 Å². The number of hydrogen-bond donors (Lipinski definition) is 3. The van der Waals surface area contributed by atoms with E-state index in [4.69, 9.17) is 10.5 Å². The number of rotatable bonds is 31. The lowest BCUT2D eigenvalue weighted by Crippen LogP contribution is -2.40. The Morgan fingerprint density at radius 1 is 0.646 bits per heavy atom. The largest absolute Gasteiger partial charge is 0.480 e. The van der Waals surface area contributed by atoms with Crippen molar-refractivity contribution in [3.63, 3.8) is 0 Å². The normalized spacial score (nSPS) is 13.7. The Morgan fingerprint density at radius 2 is 1.21 bits per heavy atom. The number of allylic oxidation sites excluding steroid dienone is 13. The van der Waals surface area contributed by atoms with Crippen molar-refractivity contribution in [2.45, 2.75) is 148 Å². The Kier molecular flexibility index (Phi) is 32.4. The van der Waals surface area contributed by atoms with Gasteiger partial charge in [0.25, 0.3) is 0 Å². The molecule has 48 heavy (non-hydrogen) atoms. The number of ether oxygens (including phenoxy) is 1. The predicted molar refractivity (Wildman–Crippen MR) is 202 cm³/mol. The number of carbonyl (C=O) groups is 3. The number of aliphatic carboxylic acids is 1. The maximum absolute atomic E-state index is 12.5. The zero-order valence-electron chi connectivity index (χ0n) is 30.0. The fraction of sp³-hybridized carbons (Fsp3) is 0.585. The summed E-state index contributed by atoms with van der Waals surface area (Å²) in [5, 5.41) is 11.8. The molecular formula is C41H66N2O5. The minimum Gasteiger partial charge on any atom is -0.480 e. The molecule has 0 radical (unpaired) electrons. The van der Waals surface area contributed by atoms with Crippen molar-refractivity contribution in [2.75, 3.05) is 6.54 Å². The maximum Gasteiger partial charge on any atom is 0.326 e. The molecule has 0 aliphatic heterocycles. The summed E-state index contributed by atoms with van der Waals surface area (Å²) in [6.07, 6.45) is 45.2. The van der Waals surface area contributed by atoms with Gasteiger partial charge in [-0.1, -0.05) is 119 Å². The van der Waals surface area contributed by atoms with Gasteiger partial charge in [-0.3, -0.25) is 9.59 Å². The summed E-state index contributed by atoms with van der Waals surface area (Å²) in [5.41, 5.74) is 5.45. The van der Waals surface area contributed by atoms with Gasteiger partial charge in [0, 0.05) is 12.8 Å². The van der Waals surface area contributed by atoms with Crippen molar-refractivity contribution in [3.05, 3.63) is 85.1 Å². The average Bonchev–Trinajstić information content (AvgIpc) is 3.07. The van der Waals surface area contributed by atoms with Crippen molar-refractivity contribution < 1.29 is 24.2 Å². The smallest absolute Gasteiger partial charge is 0.326 e. The molecule has 7 heteroatoms. The van der Waals surface area contributed by atoms with Gasteiger partial charge in [0.05, 0.1) is 0 Å². The lowest BCUT2D eigenvalue weighted by Gasteiger charge is -2.15. The molecule has 2 atom stereocenters. The van der Waals surface area contributed by atoms with Crippen molar-refractivity contribution in [1.82, 2.24) is 5.32 Å². The van der Waals surface area contributed by atoms with Gasteiger partial charge in [-0.15, -0.1) is 0 Å². The second kappa shape index (κ2) is 34.9. The summed E-state index contributed by atoms with van der Waals surface area (Å²) in [5.74, 6) is -1.45. The van der Waals surface area contributed by atoms with Crippen LogP contribution in [0.3, 0.4) is 0 Å². The summed E-state index contributed by atoms with van der Waals surface area (Å²) in [4.78, 5) is 36.0. The molecule has 270 valence electrons. The first kappa shape index (κ1) is 44.5. The number of hydrogen-bond acceptors (Lipinski definition) is 5. The second-order valence-corrected chi connectivity index (χ2v) is 11.9. The Morgan fingerprint density at radius 3 is 1.75 bits per heavy atom. The minimum absolute atomic E-state index is 0.182. The van der Waals surface area contributed by atoms with E-state index in [1.54, 1.807) is 0 Å². The van der Waals surface area contributed by atoms with Crippen molar-refractivity contribution in [1.29, 1.82) is 0 Å². The van der Waals surface area contributed by atoms with Crippen LogP contribution in [-0.2, 0) is 19.1 Å². The molecule has 0 spiro atoms. The Balaban J connectivity index is 4.24. The number of nitrogens with one attached hydrogen (secondary N) is 1. The Hall–Kier alpha value is -3.45. The fourth-order valence-electron chi connectivity index (χ4n) is 4.66. The molecule has 0 aromatic rings. The van der Waals surface area contributed by atoms with E-state index in [-0.39, 0.29) is 18.0 Å². The molecule has 0 aromatic heterocycles. The molecule has 4 N–H and O–H groups in total. The molecule has 1 amide bonds. The van der Waals surface area contributed by atoms with Gasteiger partial charge in [0.1, 0.15) is 12.1 Å². The lowest BCUT2D eigenvalue weighted by atomic mass is 10.1. The van der Waals surface area contributed by atoms with Crippen LogP contribution in [-0.4, -0.2) is 41.6 Å². The molecule has 0 aliphatic rings. The van der Waals surface area contributed by atoms with Crippen LogP contribution in [0.2, 0.25) is 0 Å². The van der Waals surface area contributed by atoms with Gasteiger partial charge in [0.15, 0.2) is 0 Å². The van der Waals surface area contributed by atoms with E-state index >= 15 is 0 Å². The van der Waals surface area contributed by atoms with E-state index in [2.05, 4.69) is 92.1 Å². The molecule has 0 aliphatic carbocycles. The monoisotopic (exact) mass is 666 g/mol. The van der Waals surface area contributed by atoms with Gasteiger partial charge in [-0.05, 0) is 96.1 Å². The Labute approximate surface area is 292 Å². The van der Waals surface area contributed by atoms with Crippen LogP contribution in [0.5, 0.6) is 0 Å². The number of carboxylic acids is 1. The van der Waals surface area contributed by atoms with Gasteiger partial charge >= 0.3 is 11.9 Å². The van der Waals surface area contributed by atoms with E-state index < -0.39 is 12.0 Å². The summed E-state index contributed by atoms with van der Waals surface area (Å²) < 4.78 is 5.79. The Bertz CT molecular complexity index is 1020. The average molecular weight is 667 g/mol. The summed E-state index contributed by atoms with van der Waals surface area (Å²) >= 11 is 0. The third kappa shape index (κ3) is 31.2. The molecule has 0 rings (SSSR count). The van der Waals surface area contributed by atoms with Crippen molar-refractivity contribution >= 4 is 17.8 Å². The quantitative estimate of drug-likeness (QED) is 0.0385. The molecule has 7 nitrogen and oxygen atoms in total. The molecule has 0 bridgehead atoms. The van der Waals surface area contributed by atoms with Crippen LogP contribution >= 0.6 is 0 Å². The van der Waals surface area contributed by atoms with Crippen molar-refractivity contribution in [3.8, 4) is 0 Å². The molecular weight excluding hydrogens is 600 g/mol. The van der Waals surface area contributed by atoms with Gasteiger partial charge in [-0.2, -0.15) is 0 Å². The molecule has 0 heterocycles. The van der Waals surface area contributed by atoms with Crippen LogP contribution in [0, 0.1) is 0 Å². The van der Waals surface area contributed by atoms with Crippen LogP contribution in [0.1, 0.15) is 136 Å². The van der Waals surface area contributed by atoms with E-state index in [1.165, 1.54) is 0 Å². The van der Waals surface area contributed by atoms with Crippen molar-refractivity contribution in [2.24, 2.45) is 5.73 Å². The maximum atomic E-state index is 12.5. The second-order valence-electron chi connectivity index (χ2n) is 11.9. The SMILES string of the molecule is CC/C=C\C/C=C\C/C=C\C/C=C\C/C=C\C/C=C\CCC(=O)OC(/C=C\CCCC)CCCCCCC(=O)NC(CCCN)C(=O)O. The number of carboxylic acid groups (broad SMARTS) is 1. The van der Waals surface area contributed by atoms with Gasteiger partial charge in [0.2, 0.25) is 5.91 Å². The first-order valence-corrected chi connectivity index (χ1v) is 18.4. The lowest BCUT2D eigenvalue weighted by molar-refractivity contribution is -0.147. The van der Waals surface area contributed by atoms with Crippen LogP contribution < -0.4 is 11.1 Å². The zero-order valence-corrected chi connectivity index (χ0v) is 30.0. The number of amides is 1. The fourth-order valence-corrected chi connectivity index (χ4v) is 4.66. The summed E-state index contributed by atoms with van der Waals surface area (Å²) in [6, 6.07) is -0.879. The minimum atomic E-state index is -1.03. The predicted octanol–water partition coefficient (Wildman–Crippen LogP) is 9.77. The molecule has 0 saturated heterocycles. The highest BCUT2D eigenvalue weighted by Gasteiger charge is 2.18. The van der Waals surface area contributed by atoms with Gasteiger partial charge < -0.3 is 20.9 Å². The third-order valence-corrected chi connectivity index (χ3v) is 7.44. The van der Waals surface area contributed by atoms with Crippen LogP contribution in [0.25, 0.3) is 0 Å². The van der Waals surface area contributed by atoms with E-state index in [0.717, 1.165) is 83.5 Å². The number of esters is 1. The van der Waals surface area contributed by atoms with Gasteiger partial charge in [-0.25, -0.2) is 4.79 Å². The highest BCUT2D eigenvalue weighted by Crippen LogP contribution is 2.13. The molecule has 2 unspecified atom stereocenters. The van der Waals surface area contributed by atoms with Crippen LogP contribution in [0.4, 0.5) is 0 Å². The van der Waals surface area contributed by atoms with Crippen LogP contribution in [0.15, 0.2) is 85.1 Å². The molecule has 0 aromatic carbocycles. The first-order chi connectivity index (χ1) is 23.4. The highest BCUT2D eigenvalue weighted by atomic mass is 16.5. The topological polar surface area (TPSA) is 119 Å². The van der Waals surface area contributed by atoms with E-state index in [0.29, 0.717) is 45.1 Å². The molecule has 0 saturated carbocycles. The first-order valence-electron chi connectivity index (χ1n) is 18.4. The zero-order chi connectivity index (χ0) is 35.3. The number of nitrogens with two attached hydrogens (primary N) is 1. The third-order valence-electron chi connectivity index (χ3n) is 7.44. The standard InChI is InChI=1S/C41H66N2O5/c1-3-5-7-9-10-11-12-13-14-15-16-17-18-19-20-21-22-23-29-35-40(45)48-37(31-26-8-6-4-2)32-27-24-25-28-34-39(44)43-38(41(46)47)33-30-36-42/h5,7,10-11,13-14,16-17,19-20,22-23,26,31,37-38H,3-4,6,8-9,12,15,18,21,24-25,27-30,32-36,42H2,1-2H3,(H,43,44)(H,46,47)/b7-5-,11-10-,14-13-,17-16-,20-19-,23-22-,31-26-. The highest BCUT2D eigenvalue weighted by molar-refractivity contribution is 5.83.